The molecule has 6 heteroatoms. The van der Waals surface area contributed by atoms with Crippen LogP contribution in [0.2, 0.25) is 0 Å². The first-order valence-electron chi connectivity index (χ1n) is 9.90. The lowest BCUT2D eigenvalue weighted by Crippen LogP contribution is -2.40. The predicted octanol–water partition coefficient (Wildman–Crippen LogP) is 3.73. The molecule has 0 N–H and O–H groups in total. The fourth-order valence-corrected chi connectivity index (χ4v) is 3.82. The summed E-state index contributed by atoms with van der Waals surface area (Å²) in [5.41, 5.74) is 1.22. The molecule has 3 rings (SSSR count). The maximum atomic E-state index is 13.0. The van der Waals surface area contributed by atoms with Crippen LogP contribution in [0.25, 0.3) is 0 Å². The Morgan fingerprint density at radius 3 is 2.59 bits per heavy atom. The summed E-state index contributed by atoms with van der Waals surface area (Å²) in [5, 5.41) is 5.64. The van der Waals surface area contributed by atoms with Crippen LogP contribution >= 0.6 is 0 Å². The molecule has 0 unspecified atom stereocenters. The monoisotopic (exact) mass is 373 g/mol. The number of hydrogen-bond acceptors (Lipinski definition) is 3. The van der Waals surface area contributed by atoms with Crippen molar-refractivity contribution in [3.05, 3.63) is 35.6 Å². The first-order valence-corrected chi connectivity index (χ1v) is 9.90. The summed E-state index contributed by atoms with van der Waals surface area (Å²) in [6, 6.07) is 5.98. The fraction of sp³-hybridized carbons (Fsp3) is 0.571. The van der Waals surface area contributed by atoms with E-state index >= 15 is 0 Å². The zero-order valence-electron chi connectivity index (χ0n) is 16.0. The molecular weight excluding hydrogens is 345 g/mol. The van der Waals surface area contributed by atoms with E-state index in [1.807, 2.05) is 7.05 Å². The second-order valence-corrected chi connectivity index (χ2v) is 7.64. The number of rotatable bonds is 6. The van der Waals surface area contributed by atoms with Crippen LogP contribution in [-0.2, 0) is 16.1 Å². The van der Waals surface area contributed by atoms with E-state index in [1.54, 1.807) is 17.0 Å². The first kappa shape index (κ1) is 19.5. The van der Waals surface area contributed by atoms with Crippen molar-refractivity contribution in [2.24, 2.45) is 11.0 Å². The Bertz CT molecular complexity index is 696. The molecule has 1 aliphatic heterocycles. The van der Waals surface area contributed by atoms with Gasteiger partial charge in [0.05, 0.1) is 6.54 Å². The van der Waals surface area contributed by atoms with E-state index in [0.29, 0.717) is 12.1 Å². The van der Waals surface area contributed by atoms with Gasteiger partial charge in [-0.2, -0.15) is 5.10 Å². The van der Waals surface area contributed by atoms with Crippen LogP contribution in [0.1, 0.15) is 56.9 Å². The number of carbonyl (C=O) groups excluding carboxylic acids is 2. The quantitative estimate of drug-likeness (QED) is 0.763. The number of hydrogen-bond donors (Lipinski definition) is 0. The number of benzene rings is 1. The van der Waals surface area contributed by atoms with Crippen LogP contribution in [0, 0.1) is 11.7 Å². The second-order valence-electron chi connectivity index (χ2n) is 7.64. The van der Waals surface area contributed by atoms with Crippen LogP contribution in [0.15, 0.2) is 29.4 Å². The van der Waals surface area contributed by atoms with Crippen LogP contribution in [0.4, 0.5) is 4.39 Å². The van der Waals surface area contributed by atoms with E-state index in [2.05, 4.69) is 5.10 Å². The van der Waals surface area contributed by atoms with Gasteiger partial charge < -0.3 is 4.90 Å². The molecular formula is C21H28FN3O2. The van der Waals surface area contributed by atoms with Gasteiger partial charge in [0.1, 0.15) is 11.5 Å². The molecule has 1 fully saturated rings. The third kappa shape index (κ3) is 5.37. The second kappa shape index (κ2) is 9.11. The Kier molecular flexibility index (Phi) is 6.58. The van der Waals surface area contributed by atoms with E-state index in [9.17, 15) is 14.0 Å². The molecule has 1 saturated carbocycles. The van der Waals surface area contributed by atoms with Gasteiger partial charge in [0.2, 0.25) is 5.91 Å². The lowest BCUT2D eigenvalue weighted by Gasteiger charge is -2.27. The average Bonchev–Trinajstić information content (AvgIpc) is 2.69. The number of hydrazone groups is 1. The highest BCUT2D eigenvalue weighted by Crippen LogP contribution is 2.26. The zero-order valence-corrected chi connectivity index (χ0v) is 16.0. The SMILES string of the molecule is CN(CCC1CCCCC1)C(=O)C1=NN(Cc2ccc(F)cc2)C(=O)CC1. The molecule has 2 amide bonds. The summed E-state index contributed by atoms with van der Waals surface area (Å²) >= 11 is 0. The Balaban J connectivity index is 1.58. The van der Waals surface area contributed by atoms with E-state index in [1.165, 1.54) is 49.2 Å². The highest BCUT2D eigenvalue weighted by Gasteiger charge is 2.26. The zero-order chi connectivity index (χ0) is 19.2. The topological polar surface area (TPSA) is 53.0 Å². The number of carbonyl (C=O) groups is 2. The summed E-state index contributed by atoms with van der Waals surface area (Å²) in [5.74, 6) is 0.199. The van der Waals surface area contributed by atoms with Crippen molar-refractivity contribution in [1.82, 2.24) is 9.91 Å². The van der Waals surface area contributed by atoms with Crippen molar-refractivity contribution in [1.29, 1.82) is 0 Å². The summed E-state index contributed by atoms with van der Waals surface area (Å²) in [6.45, 7) is 0.982. The van der Waals surface area contributed by atoms with Crippen LogP contribution in [-0.4, -0.2) is 41.0 Å². The molecule has 146 valence electrons. The van der Waals surface area contributed by atoms with E-state index in [0.717, 1.165) is 24.4 Å². The van der Waals surface area contributed by atoms with Gasteiger partial charge in [0.25, 0.3) is 5.91 Å². The molecule has 0 radical (unpaired) electrons. The molecule has 2 aliphatic rings. The van der Waals surface area contributed by atoms with E-state index < -0.39 is 0 Å². The summed E-state index contributed by atoms with van der Waals surface area (Å²) < 4.78 is 13.0. The van der Waals surface area contributed by atoms with Crippen LogP contribution < -0.4 is 0 Å². The molecule has 0 saturated heterocycles. The molecule has 0 bridgehead atoms. The van der Waals surface area contributed by atoms with Crippen molar-refractivity contribution in [2.75, 3.05) is 13.6 Å². The highest BCUT2D eigenvalue weighted by molar-refractivity contribution is 6.39. The third-order valence-corrected chi connectivity index (χ3v) is 5.54. The minimum absolute atomic E-state index is 0.0950. The standard InChI is InChI=1S/C21H28FN3O2/c1-24(14-13-16-5-3-2-4-6-16)21(27)19-11-12-20(26)25(23-19)15-17-7-9-18(22)10-8-17/h7-10,16H,2-6,11-15H2,1H3. The average molecular weight is 373 g/mol. The number of amides is 2. The summed E-state index contributed by atoms with van der Waals surface area (Å²) in [7, 11) is 1.81. The number of halogens is 1. The van der Waals surface area contributed by atoms with Crippen molar-refractivity contribution in [2.45, 2.75) is 57.9 Å². The molecule has 27 heavy (non-hydrogen) atoms. The van der Waals surface area contributed by atoms with Gasteiger partial charge in [-0.25, -0.2) is 9.40 Å². The van der Waals surface area contributed by atoms with Crippen molar-refractivity contribution >= 4 is 17.5 Å². The highest BCUT2D eigenvalue weighted by atomic mass is 19.1. The molecule has 0 atom stereocenters. The van der Waals surface area contributed by atoms with Gasteiger partial charge in [0.15, 0.2) is 0 Å². The smallest absolute Gasteiger partial charge is 0.269 e. The molecule has 0 spiro atoms. The van der Waals surface area contributed by atoms with Crippen molar-refractivity contribution in [3.63, 3.8) is 0 Å². The molecule has 1 aliphatic carbocycles. The largest absolute Gasteiger partial charge is 0.341 e. The van der Waals surface area contributed by atoms with Gasteiger partial charge in [-0.15, -0.1) is 0 Å². The molecule has 5 nitrogen and oxygen atoms in total. The Morgan fingerprint density at radius 2 is 1.89 bits per heavy atom. The molecule has 1 aromatic rings. The summed E-state index contributed by atoms with van der Waals surface area (Å²) in [4.78, 5) is 26.6. The maximum Gasteiger partial charge on any atom is 0.269 e. The van der Waals surface area contributed by atoms with E-state index in [-0.39, 0.29) is 30.6 Å². The lowest BCUT2D eigenvalue weighted by atomic mass is 9.87. The predicted molar refractivity (Wildman–Crippen MR) is 102 cm³/mol. The maximum absolute atomic E-state index is 13.0. The van der Waals surface area contributed by atoms with E-state index in [4.69, 9.17) is 0 Å². The van der Waals surface area contributed by atoms with Crippen LogP contribution in [0.3, 0.4) is 0 Å². The minimum Gasteiger partial charge on any atom is -0.341 e. The molecule has 1 heterocycles. The molecule has 1 aromatic carbocycles. The van der Waals surface area contributed by atoms with Crippen molar-refractivity contribution < 1.29 is 14.0 Å². The Morgan fingerprint density at radius 1 is 1.19 bits per heavy atom. The van der Waals surface area contributed by atoms with Gasteiger partial charge in [-0.3, -0.25) is 9.59 Å². The lowest BCUT2D eigenvalue weighted by molar-refractivity contribution is -0.132. The first-order chi connectivity index (χ1) is 13.0. The Hall–Kier alpha value is -2.24. The number of nitrogens with zero attached hydrogens (tertiary/aromatic N) is 3. The van der Waals surface area contributed by atoms with Gasteiger partial charge in [-0.05, 0) is 30.0 Å². The normalized spacial score (nSPS) is 18.4. The van der Waals surface area contributed by atoms with Gasteiger partial charge >= 0.3 is 0 Å². The Labute approximate surface area is 160 Å². The minimum atomic E-state index is -0.317. The molecule has 0 aromatic heterocycles. The van der Waals surface area contributed by atoms with Crippen molar-refractivity contribution in [3.8, 4) is 0 Å². The fourth-order valence-electron chi connectivity index (χ4n) is 3.82. The third-order valence-electron chi connectivity index (χ3n) is 5.54. The van der Waals surface area contributed by atoms with Crippen LogP contribution in [0.5, 0.6) is 0 Å². The summed E-state index contributed by atoms with van der Waals surface area (Å²) in [6.07, 6.45) is 8.16. The van der Waals surface area contributed by atoms with Gasteiger partial charge in [0, 0.05) is 26.4 Å². The van der Waals surface area contributed by atoms with Gasteiger partial charge in [-0.1, -0.05) is 44.2 Å².